The first-order valence-electron chi connectivity index (χ1n) is 10.5. The minimum absolute atomic E-state index is 0.0418. The fraction of sp³-hybridized carbons (Fsp3) is 0.292. The van der Waals surface area contributed by atoms with E-state index in [4.69, 9.17) is 9.72 Å². The van der Waals surface area contributed by atoms with Gasteiger partial charge in [0.2, 0.25) is 5.91 Å². The van der Waals surface area contributed by atoms with Crippen molar-refractivity contribution in [3.63, 3.8) is 0 Å². The molecule has 0 radical (unpaired) electrons. The van der Waals surface area contributed by atoms with Gasteiger partial charge in [-0.15, -0.1) is 0 Å². The third kappa shape index (κ3) is 4.60. The highest BCUT2D eigenvalue weighted by molar-refractivity contribution is 7.22. The number of ether oxygens (including phenoxy) is 1. The van der Waals surface area contributed by atoms with E-state index in [0.29, 0.717) is 6.54 Å². The molecule has 1 amide bonds. The number of nitrogens with zero attached hydrogens (tertiary/aromatic N) is 4. The maximum absolute atomic E-state index is 12.5. The lowest BCUT2D eigenvalue weighted by molar-refractivity contribution is -0.119. The Morgan fingerprint density at radius 1 is 1.12 bits per heavy atom. The number of methoxy groups -OCH3 is 1. The van der Waals surface area contributed by atoms with Gasteiger partial charge >= 0.3 is 0 Å². The maximum atomic E-state index is 12.5. The molecule has 1 N–H and O–H groups in total. The van der Waals surface area contributed by atoms with Crippen molar-refractivity contribution in [3.05, 3.63) is 65.4 Å². The van der Waals surface area contributed by atoms with Gasteiger partial charge in [-0.25, -0.2) is 4.68 Å². The summed E-state index contributed by atoms with van der Waals surface area (Å²) in [5.41, 5.74) is 4.99. The van der Waals surface area contributed by atoms with Crippen LogP contribution in [-0.2, 0) is 17.8 Å². The maximum Gasteiger partial charge on any atom is 0.239 e. The van der Waals surface area contributed by atoms with Crippen molar-refractivity contribution in [2.75, 3.05) is 25.6 Å². The Hall–Kier alpha value is -3.39. The highest BCUT2D eigenvalue weighted by Crippen LogP contribution is 2.32. The van der Waals surface area contributed by atoms with E-state index in [0.717, 1.165) is 44.6 Å². The highest BCUT2D eigenvalue weighted by atomic mass is 32.1. The van der Waals surface area contributed by atoms with Gasteiger partial charge in [0.1, 0.15) is 5.75 Å². The lowest BCUT2D eigenvalue weighted by atomic mass is 10.1. The molecule has 0 bridgehead atoms. The first-order valence-corrected chi connectivity index (χ1v) is 11.4. The molecule has 4 rings (SSSR count). The largest absolute Gasteiger partial charge is 0.497 e. The summed E-state index contributed by atoms with van der Waals surface area (Å²) in [5, 5.41) is 8.41. The minimum Gasteiger partial charge on any atom is -0.497 e. The topological polar surface area (TPSA) is 72.3 Å². The Labute approximate surface area is 191 Å². The van der Waals surface area contributed by atoms with E-state index in [1.165, 1.54) is 5.56 Å². The van der Waals surface area contributed by atoms with E-state index in [-0.39, 0.29) is 12.5 Å². The van der Waals surface area contributed by atoms with Gasteiger partial charge < -0.3 is 15.0 Å². The number of aromatic nitrogens is 3. The van der Waals surface area contributed by atoms with Gasteiger partial charge in [-0.2, -0.15) is 10.1 Å². The van der Waals surface area contributed by atoms with Crippen LogP contribution in [0, 0.1) is 6.92 Å². The number of benzene rings is 2. The normalized spacial score (nSPS) is 11.0. The van der Waals surface area contributed by atoms with Gasteiger partial charge in [0.15, 0.2) is 10.8 Å². The third-order valence-electron chi connectivity index (χ3n) is 5.32. The van der Waals surface area contributed by atoms with Crippen LogP contribution in [-0.4, -0.2) is 41.4 Å². The van der Waals surface area contributed by atoms with Crippen LogP contribution in [0.1, 0.15) is 23.7 Å². The molecule has 166 valence electrons. The monoisotopic (exact) mass is 449 g/mol. The number of nitrogens with one attached hydrogen (secondary N) is 1. The molecular formula is C24H27N5O2S. The molecule has 7 nitrogen and oxygen atoms in total. The van der Waals surface area contributed by atoms with Crippen LogP contribution in [0.5, 0.6) is 5.75 Å². The van der Waals surface area contributed by atoms with Crippen LogP contribution >= 0.6 is 11.3 Å². The number of carbonyl (C=O) groups is 1. The number of carbonyl (C=O) groups excluding carboxylic acids is 1. The zero-order valence-electron chi connectivity index (χ0n) is 18.8. The van der Waals surface area contributed by atoms with E-state index >= 15 is 0 Å². The average molecular weight is 450 g/mol. The summed E-state index contributed by atoms with van der Waals surface area (Å²) in [7, 11) is 3.53. The molecule has 0 spiro atoms. The van der Waals surface area contributed by atoms with Crippen LogP contribution in [0.25, 0.3) is 16.0 Å². The molecule has 0 saturated carbocycles. The van der Waals surface area contributed by atoms with Crippen molar-refractivity contribution in [1.82, 2.24) is 20.1 Å². The van der Waals surface area contributed by atoms with Gasteiger partial charge in [0, 0.05) is 13.6 Å². The molecule has 0 aliphatic rings. The number of fused-ring (bicyclic) bond motifs is 1. The first-order chi connectivity index (χ1) is 15.5. The van der Waals surface area contributed by atoms with Crippen LogP contribution in [0.15, 0.2) is 48.5 Å². The lowest BCUT2D eigenvalue weighted by Crippen LogP contribution is -2.34. The van der Waals surface area contributed by atoms with Crippen LogP contribution in [0.4, 0.5) is 5.13 Å². The van der Waals surface area contributed by atoms with Gasteiger partial charge in [0.05, 0.1) is 29.7 Å². The van der Waals surface area contributed by atoms with Crippen LogP contribution < -0.4 is 15.0 Å². The Kier molecular flexibility index (Phi) is 6.41. The van der Waals surface area contributed by atoms with Crippen molar-refractivity contribution in [2.45, 2.75) is 26.8 Å². The van der Waals surface area contributed by atoms with E-state index in [9.17, 15) is 4.79 Å². The molecule has 0 atom stereocenters. The quantitative estimate of drug-likeness (QED) is 0.438. The van der Waals surface area contributed by atoms with E-state index in [1.54, 1.807) is 18.4 Å². The third-order valence-corrected chi connectivity index (χ3v) is 6.59. The highest BCUT2D eigenvalue weighted by Gasteiger charge is 2.18. The van der Waals surface area contributed by atoms with Crippen molar-refractivity contribution in [1.29, 1.82) is 0 Å². The molecule has 0 saturated heterocycles. The SMILES string of the molecule is CCc1ccc(CNC(=O)CN(C)c2nc3c(s2)c(C)nn3-c2ccc(OC)cc2)cc1. The van der Waals surface area contributed by atoms with E-state index in [2.05, 4.69) is 41.6 Å². The summed E-state index contributed by atoms with van der Waals surface area (Å²) in [6.07, 6.45) is 1.01. The summed E-state index contributed by atoms with van der Waals surface area (Å²) < 4.78 is 8.09. The van der Waals surface area contributed by atoms with Crippen LogP contribution in [0.3, 0.4) is 0 Å². The zero-order valence-corrected chi connectivity index (χ0v) is 19.6. The van der Waals surface area contributed by atoms with Crippen molar-refractivity contribution < 1.29 is 9.53 Å². The molecule has 2 aromatic carbocycles. The second kappa shape index (κ2) is 9.40. The molecule has 2 heterocycles. The van der Waals surface area contributed by atoms with Crippen molar-refractivity contribution >= 4 is 32.7 Å². The molecular weight excluding hydrogens is 422 g/mol. The van der Waals surface area contributed by atoms with Crippen molar-refractivity contribution in [2.24, 2.45) is 0 Å². The molecule has 2 aromatic heterocycles. The van der Waals surface area contributed by atoms with Crippen LogP contribution in [0.2, 0.25) is 0 Å². The number of rotatable bonds is 8. The molecule has 0 aliphatic carbocycles. The lowest BCUT2D eigenvalue weighted by Gasteiger charge is -2.15. The minimum atomic E-state index is -0.0418. The Morgan fingerprint density at radius 3 is 2.47 bits per heavy atom. The molecule has 0 aliphatic heterocycles. The summed E-state index contributed by atoms with van der Waals surface area (Å²) >= 11 is 1.54. The number of aryl methyl sites for hydroxylation is 2. The number of thiazole rings is 1. The summed E-state index contributed by atoms with van der Waals surface area (Å²) in [5.74, 6) is 0.750. The molecule has 4 aromatic rings. The summed E-state index contributed by atoms with van der Waals surface area (Å²) in [6.45, 7) is 4.85. The molecule has 0 fully saturated rings. The number of anilines is 1. The van der Waals surface area contributed by atoms with E-state index < -0.39 is 0 Å². The Balaban J connectivity index is 1.44. The molecule has 32 heavy (non-hydrogen) atoms. The Morgan fingerprint density at radius 2 is 1.81 bits per heavy atom. The number of hydrogen-bond donors (Lipinski definition) is 1. The van der Waals surface area contributed by atoms with Gasteiger partial charge in [-0.05, 0) is 48.7 Å². The average Bonchev–Trinajstić information content (AvgIpc) is 3.39. The number of likely N-dealkylation sites (N-methyl/N-ethyl adjacent to an activating group) is 1. The Bertz CT molecular complexity index is 1210. The summed E-state index contributed by atoms with van der Waals surface area (Å²) in [4.78, 5) is 19.1. The zero-order chi connectivity index (χ0) is 22.7. The van der Waals surface area contributed by atoms with Crippen molar-refractivity contribution in [3.8, 4) is 11.4 Å². The smallest absolute Gasteiger partial charge is 0.239 e. The van der Waals surface area contributed by atoms with Gasteiger partial charge in [0.25, 0.3) is 0 Å². The summed E-state index contributed by atoms with van der Waals surface area (Å²) in [6, 6.07) is 16.0. The second-order valence-electron chi connectivity index (χ2n) is 7.65. The fourth-order valence-electron chi connectivity index (χ4n) is 3.42. The van der Waals surface area contributed by atoms with E-state index in [1.807, 2.05) is 47.8 Å². The fourth-order valence-corrected chi connectivity index (χ4v) is 4.37. The number of amides is 1. The van der Waals surface area contributed by atoms with Gasteiger partial charge in [-0.3, -0.25) is 4.79 Å². The second-order valence-corrected chi connectivity index (χ2v) is 8.62. The predicted molar refractivity (Wildman–Crippen MR) is 129 cm³/mol. The first kappa shape index (κ1) is 21.8. The predicted octanol–water partition coefficient (Wildman–Crippen LogP) is 4.11. The molecule has 8 heteroatoms. The van der Waals surface area contributed by atoms with Gasteiger partial charge in [-0.1, -0.05) is 42.5 Å². The standard InChI is InChI=1S/C24H27N5O2S/c1-5-17-6-8-18(9-7-17)14-25-21(30)15-28(3)24-26-23-22(32-24)16(2)27-29(23)19-10-12-20(31-4)13-11-19/h6-13H,5,14-15H2,1-4H3,(H,25,30). The molecule has 0 unspecified atom stereocenters. The number of hydrogen-bond acceptors (Lipinski definition) is 6.